The maximum absolute atomic E-state index is 11.8. The van der Waals surface area contributed by atoms with Crippen LogP contribution in [0.25, 0.3) is 0 Å². The number of ether oxygens (including phenoxy) is 1. The molecule has 0 rings (SSSR count). The monoisotopic (exact) mass is 227 g/mol. The van der Waals surface area contributed by atoms with Gasteiger partial charge in [0, 0.05) is 13.0 Å². The highest BCUT2D eigenvalue weighted by Gasteiger charge is 2.26. The number of rotatable bonds is 8. The summed E-state index contributed by atoms with van der Waals surface area (Å²) in [6, 6.07) is 0. The zero-order chi connectivity index (χ0) is 11.7. The van der Waals surface area contributed by atoms with Crippen molar-refractivity contribution in [2.24, 2.45) is 0 Å². The van der Waals surface area contributed by atoms with Crippen molar-refractivity contribution in [1.82, 2.24) is 5.32 Å². The number of halogens is 3. The molecule has 0 aliphatic rings. The van der Waals surface area contributed by atoms with Gasteiger partial charge in [-0.15, -0.1) is 0 Å². The van der Waals surface area contributed by atoms with Crippen LogP contribution < -0.4 is 5.32 Å². The van der Waals surface area contributed by atoms with E-state index in [0.717, 1.165) is 19.4 Å². The molecule has 0 heterocycles. The Morgan fingerprint density at radius 2 is 2.00 bits per heavy atom. The molecule has 15 heavy (non-hydrogen) atoms. The van der Waals surface area contributed by atoms with Gasteiger partial charge in [-0.3, -0.25) is 0 Å². The Labute approximate surface area is 89.2 Å². The second kappa shape index (κ2) is 7.93. The summed E-state index contributed by atoms with van der Waals surface area (Å²) in [6.07, 6.45) is -3.00. The van der Waals surface area contributed by atoms with Crippen molar-refractivity contribution in [1.29, 1.82) is 0 Å². The first kappa shape index (κ1) is 14.7. The molecule has 0 aromatic carbocycles. The third-order valence-electron chi connectivity index (χ3n) is 2.13. The molecule has 0 radical (unpaired) electrons. The van der Waals surface area contributed by atoms with Gasteiger partial charge >= 0.3 is 6.18 Å². The van der Waals surface area contributed by atoms with Gasteiger partial charge in [0.15, 0.2) is 0 Å². The van der Waals surface area contributed by atoms with Crippen LogP contribution in [0.15, 0.2) is 0 Å². The maximum Gasteiger partial charge on any atom is 0.389 e. The molecule has 0 amide bonds. The van der Waals surface area contributed by atoms with E-state index in [1.807, 2.05) is 14.0 Å². The summed E-state index contributed by atoms with van der Waals surface area (Å²) < 4.78 is 40.7. The van der Waals surface area contributed by atoms with Crippen molar-refractivity contribution in [3.05, 3.63) is 0 Å². The first-order chi connectivity index (χ1) is 6.99. The molecule has 1 N–H and O–H groups in total. The lowest BCUT2D eigenvalue weighted by atomic mass is 10.2. The molecule has 0 fully saturated rings. The Morgan fingerprint density at radius 3 is 2.47 bits per heavy atom. The van der Waals surface area contributed by atoms with Crippen molar-refractivity contribution in [2.75, 3.05) is 20.2 Å². The van der Waals surface area contributed by atoms with Gasteiger partial charge in [0.05, 0.1) is 6.10 Å². The van der Waals surface area contributed by atoms with Crippen molar-refractivity contribution in [3.63, 3.8) is 0 Å². The van der Waals surface area contributed by atoms with Crippen LogP contribution in [-0.4, -0.2) is 32.5 Å². The molecule has 0 aliphatic carbocycles. The fourth-order valence-electron chi connectivity index (χ4n) is 1.23. The molecule has 0 saturated heterocycles. The van der Waals surface area contributed by atoms with E-state index in [4.69, 9.17) is 4.74 Å². The van der Waals surface area contributed by atoms with Crippen LogP contribution in [0, 0.1) is 0 Å². The summed E-state index contributed by atoms with van der Waals surface area (Å²) in [4.78, 5) is 0. The Kier molecular flexibility index (Phi) is 7.78. The van der Waals surface area contributed by atoms with Gasteiger partial charge in [-0.2, -0.15) is 13.2 Å². The van der Waals surface area contributed by atoms with Gasteiger partial charge in [-0.1, -0.05) is 6.92 Å². The van der Waals surface area contributed by atoms with E-state index in [9.17, 15) is 13.2 Å². The van der Waals surface area contributed by atoms with Gasteiger partial charge in [0.1, 0.15) is 0 Å². The molecule has 0 bridgehead atoms. The van der Waals surface area contributed by atoms with E-state index < -0.39 is 12.6 Å². The van der Waals surface area contributed by atoms with Gasteiger partial charge in [-0.05, 0) is 32.9 Å². The highest BCUT2D eigenvalue weighted by atomic mass is 19.4. The third-order valence-corrected chi connectivity index (χ3v) is 2.13. The quantitative estimate of drug-likeness (QED) is 0.644. The van der Waals surface area contributed by atoms with Crippen LogP contribution in [-0.2, 0) is 4.74 Å². The van der Waals surface area contributed by atoms with Crippen LogP contribution in [0.5, 0.6) is 0 Å². The Balaban J connectivity index is 3.46. The van der Waals surface area contributed by atoms with E-state index in [1.165, 1.54) is 0 Å². The summed E-state index contributed by atoms with van der Waals surface area (Å²) in [6.45, 7) is 3.00. The molecular weight excluding hydrogens is 207 g/mol. The zero-order valence-corrected chi connectivity index (χ0v) is 9.36. The Morgan fingerprint density at radius 1 is 1.33 bits per heavy atom. The molecule has 1 unspecified atom stereocenters. The lowest BCUT2D eigenvalue weighted by Crippen LogP contribution is -2.20. The third kappa shape index (κ3) is 10.0. The topological polar surface area (TPSA) is 21.3 Å². The minimum atomic E-state index is -4.06. The van der Waals surface area contributed by atoms with Crippen LogP contribution in [0.4, 0.5) is 13.2 Å². The van der Waals surface area contributed by atoms with Gasteiger partial charge in [-0.25, -0.2) is 0 Å². The van der Waals surface area contributed by atoms with E-state index in [-0.39, 0.29) is 19.1 Å². The molecule has 2 nitrogen and oxygen atoms in total. The first-order valence-corrected chi connectivity index (χ1v) is 5.32. The van der Waals surface area contributed by atoms with Gasteiger partial charge in [0.25, 0.3) is 0 Å². The van der Waals surface area contributed by atoms with Crippen LogP contribution in [0.1, 0.15) is 32.6 Å². The van der Waals surface area contributed by atoms with E-state index in [2.05, 4.69) is 5.32 Å². The molecular formula is C10H20F3NO. The summed E-state index contributed by atoms with van der Waals surface area (Å²) in [5, 5.41) is 2.99. The molecule has 92 valence electrons. The number of hydrogen-bond donors (Lipinski definition) is 1. The summed E-state index contributed by atoms with van der Waals surface area (Å²) in [7, 11) is 1.84. The van der Waals surface area contributed by atoms with Crippen molar-refractivity contribution < 1.29 is 17.9 Å². The van der Waals surface area contributed by atoms with Crippen molar-refractivity contribution in [2.45, 2.75) is 44.9 Å². The molecule has 1 atom stereocenters. The van der Waals surface area contributed by atoms with Gasteiger partial charge < -0.3 is 10.1 Å². The molecule has 0 aromatic rings. The van der Waals surface area contributed by atoms with E-state index >= 15 is 0 Å². The summed E-state index contributed by atoms with van der Waals surface area (Å²) in [5.41, 5.74) is 0. The molecule has 5 heteroatoms. The fraction of sp³-hybridized carbons (Fsp3) is 1.00. The zero-order valence-electron chi connectivity index (χ0n) is 9.36. The number of nitrogens with one attached hydrogen (secondary N) is 1. The minimum absolute atomic E-state index is 0.0551. The molecule has 0 saturated carbocycles. The second-order valence-corrected chi connectivity index (χ2v) is 3.51. The van der Waals surface area contributed by atoms with Crippen LogP contribution >= 0.6 is 0 Å². The largest absolute Gasteiger partial charge is 0.389 e. The molecule has 0 aromatic heterocycles. The second-order valence-electron chi connectivity index (χ2n) is 3.51. The van der Waals surface area contributed by atoms with E-state index in [0.29, 0.717) is 0 Å². The Hall–Kier alpha value is -0.290. The number of alkyl halides is 3. The molecule has 0 aliphatic heterocycles. The number of hydrogen-bond acceptors (Lipinski definition) is 2. The highest BCUT2D eigenvalue weighted by Crippen LogP contribution is 2.21. The SMILES string of the molecule is CCC(CCNC)OCCCC(F)(F)F. The summed E-state index contributed by atoms with van der Waals surface area (Å²) in [5.74, 6) is 0. The van der Waals surface area contributed by atoms with Gasteiger partial charge in [0.2, 0.25) is 0 Å². The fourth-order valence-corrected chi connectivity index (χ4v) is 1.23. The van der Waals surface area contributed by atoms with Crippen molar-refractivity contribution >= 4 is 0 Å². The minimum Gasteiger partial charge on any atom is -0.378 e. The predicted octanol–water partition coefficient (Wildman–Crippen LogP) is 2.73. The average Bonchev–Trinajstić information content (AvgIpc) is 2.15. The maximum atomic E-state index is 11.8. The smallest absolute Gasteiger partial charge is 0.378 e. The lowest BCUT2D eigenvalue weighted by molar-refractivity contribution is -0.139. The normalized spacial score (nSPS) is 14.2. The highest BCUT2D eigenvalue weighted by molar-refractivity contribution is 4.58. The predicted molar refractivity (Wildman–Crippen MR) is 53.9 cm³/mol. The van der Waals surface area contributed by atoms with E-state index in [1.54, 1.807) is 0 Å². The van der Waals surface area contributed by atoms with Crippen LogP contribution in [0.2, 0.25) is 0 Å². The molecule has 0 spiro atoms. The average molecular weight is 227 g/mol. The lowest BCUT2D eigenvalue weighted by Gasteiger charge is -2.16. The van der Waals surface area contributed by atoms with Crippen molar-refractivity contribution in [3.8, 4) is 0 Å². The Bertz CT molecular complexity index is 150. The van der Waals surface area contributed by atoms with Crippen LogP contribution in [0.3, 0.4) is 0 Å². The first-order valence-electron chi connectivity index (χ1n) is 5.32. The standard InChI is InChI=1S/C10H20F3NO/c1-3-9(5-7-14-2)15-8-4-6-10(11,12)13/h9,14H,3-8H2,1-2H3. The summed E-state index contributed by atoms with van der Waals surface area (Å²) >= 11 is 0.